The van der Waals surface area contributed by atoms with Crippen molar-refractivity contribution in [3.8, 4) is 22.6 Å². The molecule has 2 rings (SSSR count). The Bertz CT molecular complexity index is 559. The van der Waals surface area contributed by atoms with E-state index in [1.165, 1.54) is 5.56 Å². The molecule has 0 aliphatic heterocycles. The maximum Gasteiger partial charge on any atom is 0.126 e. The number of rotatable bonds is 3. The minimum atomic E-state index is 0.890. The second-order valence-electron chi connectivity index (χ2n) is 4.39. The molecule has 0 N–H and O–H groups in total. The van der Waals surface area contributed by atoms with Crippen molar-refractivity contribution >= 4 is 0 Å². The standard InChI is InChI=1S/C16H18O2/c1-11-5-8-14(16(9-11)18-4)13-7-6-12(2)15(10-13)17-3/h5-10H,1-4H3. The van der Waals surface area contributed by atoms with E-state index in [1.54, 1.807) is 14.2 Å². The minimum absolute atomic E-state index is 0.890. The molecule has 18 heavy (non-hydrogen) atoms. The third-order valence-electron chi connectivity index (χ3n) is 3.08. The smallest absolute Gasteiger partial charge is 0.126 e. The molecule has 0 spiro atoms. The van der Waals surface area contributed by atoms with Crippen molar-refractivity contribution in [2.75, 3.05) is 14.2 Å². The summed E-state index contributed by atoms with van der Waals surface area (Å²) in [5.74, 6) is 1.79. The molecule has 0 saturated carbocycles. The largest absolute Gasteiger partial charge is 0.496 e. The van der Waals surface area contributed by atoms with E-state index in [1.807, 2.05) is 19.1 Å². The minimum Gasteiger partial charge on any atom is -0.496 e. The summed E-state index contributed by atoms with van der Waals surface area (Å²) >= 11 is 0. The third-order valence-corrected chi connectivity index (χ3v) is 3.08. The van der Waals surface area contributed by atoms with Crippen LogP contribution in [0.3, 0.4) is 0 Å². The maximum absolute atomic E-state index is 5.44. The van der Waals surface area contributed by atoms with Gasteiger partial charge in [0.1, 0.15) is 11.5 Å². The SMILES string of the molecule is COc1cc(-c2ccc(C)cc2OC)ccc1C. The predicted octanol–water partition coefficient (Wildman–Crippen LogP) is 3.99. The lowest BCUT2D eigenvalue weighted by Crippen LogP contribution is -1.91. The second kappa shape index (κ2) is 5.13. The summed E-state index contributed by atoms with van der Waals surface area (Å²) in [6, 6.07) is 12.4. The van der Waals surface area contributed by atoms with Crippen LogP contribution in [0.2, 0.25) is 0 Å². The number of hydrogen-bond donors (Lipinski definition) is 0. The molecular weight excluding hydrogens is 224 g/mol. The first kappa shape index (κ1) is 12.5. The Morgan fingerprint density at radius 2 is 1.50 bits per heavy atom. The van der Waals surface area contributed by atoms with Gasteiger partial charge in [0, 0.05) is 5.56 Å². The highest BCUT2D eigenvalue weighted by Gasteiger charge is 2.08. The molecule has 0 unspecified atom stereocenters. The molecule has 2 aromatic carbocycles. The summed E-state index contributed by atoms with van der Waals surface area (Å²) in [6.07, 6.45) is 0. The highest BCUT2D eigenvalue weighted by Crippen LogP contribution is 2.33. The molecule has 2 aromatic rings. The molecule has 0 aromatic heterocycles. The van der Waals surface area contributed by atoms with Gasteiger partial charge < -0.3 is 9.47 Å². The summed E-state index contributed by atoms with van der Waals surface area (Å²) in [5.41, 5.74) is 4.51. The van der Waals surface area contributed by atoms with E-state index in [9.17, 15) is 0 Å². The zero-order chi connectivity index (χ0) is 13.1. The molecule has 2 heteroatoms. The van der Waals surface area contributed by atoms with Crippen molar-refractivity contribution in [3.63, 3.8) is 0 Å². The van der Waals surface area contributed by atoms with Gasteiger partial charge >= 0.3 is 0 Å². The fourth-order valence-corrected chi connectivity index (χ4v) is 2.02. The molecule has 0 radical (unpaired) electrons. The van der Waals surface area contributed by atoms with E-state index < -0.39 is 0 Å². The van der Waals surface area contributed by atoms with Crippen molar-refractivity contribution in [2.24, 2.45) is 0 Å². The van der Waals surface area contributed by atoms with Crippen molar-refractivity contribution < 1.29 is 9.47 Å². The average Bonchev–Trinajstić information content (AvgIpc) is 2.39. The molecule has 0 heterocycles. The normalized spacial score (nSPS) is 10.2. The second-order valence-corrected chi connectivity index (χ2v) is 4.39. The Kier molecular flexibility index (Phi) is 3.56. The van der Waals surface area contributed by atoms with Gasteiger partial charge in [-0.25, -0.2) is 0 Å². The fraction of sp³-hybridized carbons (Fsp3) is 0.250. The molecule has 0 fully saturated rings. The summed E-state index contributed by atoms with van der Waals surface area (Å²) < 4.78 is 10.8. The van der Waals surface area contributed by atoms with Crippen LogP contribution in [0.1, 0.15) is 11.1 Å². The van der Waals surface area contributed by atoms with Gasteiger partial charge in [-0.3, -0.25) is 0 Å². The molecule has 0 atom stereocenters. The van der Waals surface area contributed by atoms with Gasteiger partial charge in [-0.2, -0.15) is 0 Å². The fourth-order valence-electron chi connectivity index (χ4n) is 2.02. The quantitative estimate of drug-likeness (QED) is 0.810. The third kappa shape index (κ3) is 2.33. The van der Waals surface area contributed by atoms with Gasteiger partial charge in [-0.1, -0.05) is 24.3 Å². The summed E-state index contributed by atoms with van der Waals surface area (Å²) in [5, 5.41) is 0. The van der Waals surface area contributed by atoms with E-state index in [0.29, 0.717) is 0 Å². The number of hydrogen-bond acceptors (Lipinski definition) is 2. The molecule has 2 nitrogen and oxygen atoms in total. The van der Waals surface area contributed by atoms with Crippen LogP contribution in [0, 0.1) is 13.8 Å². The van der Waals surface area contributed by atoms with Crippen molar-refractivity contribution in [3.05, 3.63) is 47.5 Å². The number of aryl methyl sites for hydroxylation is 2. The summed E-state index contributed by atoms with van der Waals surface area (Å²) in [6.45, 7) is 4.09. The van der Waals surface area contributed by atoms with Gasteiger partial charge in [0.05, 0.1) is 14.2 Å². The number of ether oxygens (including phenoxy) is 2. The van der Waals surface area contributed by atoms with Crippen LogP contribution >= 0.6 is 0 Å². The van der Waals surface area contributed by atoms with Gasteiger partial charge in [0.2, 0.25) is 0 Å². The lowest BCUT2D eigenvalue weighted by atomic mass is 10.0. The highest BCUT2D eigenvalue weighted by molar-refractivity contribution is 5.72. The molecule has 0 aliphatic carbocycles. The van der Waals surface area contributed by atoms with E-state index in [2.05, 4.69) is 31.2 Å². The van der Waals surface area contributed by atoms with E-state index >= 15 is 0 Å². The molecule has 0 amide bonds. The van der Waals surface area contributed by atoms with E-state index in [-0.39, 0.29) is 0 Å². The number of methoxy groups -OCH3 is 2. The Hall–Kier alpha value is -1.96. The molecule has 0 aliphatic rings. The molecule has 0 bridgehead atoms. The number of benzene rings is 2. The molecular formula is C16H18O2. The Morgan fingerprint density at radius 1 is 0.778 bits per heavy atom. The van der Waals surface area contributed by atoms with Crippen molar-refractivity contribution in [2.45, 2.75) is 13.8 Å². The van der Waals surface area contributed by atoms with Gasteiger partial charge in [0.25, 0.3) is 0 Å². The Labute approximate surface area is 108 Å². The first-order chi connectivity index (χ1) is 8.65. The molecule has 94 valence electrons. The summed E-state index contributed by atoms with van der Waals surface area (Å²) in [4.78, 5) is 0. The monoisotopic (exact) mass is 242 g/mol. The van der Waals surface area contributed by atoms with Crippen molar-refractivity contribution in [1.29, 1.82) is 0 Å². The maximum atomic E-state index is 5.44. The Balaban J connectivity index is 2.54. The van der Waals surface area contributed by atoms with Crippen LogP contribution in [-0.4, -0.2) is 14.2 Å². The predicted molar refractivity (Wildman–Crippen MR) is 74.5 cm³/mol. The van der Waals surface area contributed by atoms with Crippen LogP contribution in [0.25, 0.3) is 11.1 Å². The van der Waals surface area contributed by atoms with Gasteiger partial charge in [-0.15, -0.1) is 0 Å². The van der Waals surface area contributed by atoms with Gasteiger partial charge in [0.15, 0.2) is 0 Å². The first-order valence-electron chi connectivity index (χ1n) is 5.95. The van der Waals surface area contributed by atoms with E-state index in [4.69, 9.17) is 9.47 Å². The topological polar surface area (TPSA) is 18.5 Å². The van der Waals surface area contributed by atoms with Crippen LogP contribution in [0.4, 0.5) is 0 Å². The Morgan fingerprint density at radius 3 is 2.17 bits per heavy atom. The van der Waals surface area contributed by atoms with Crippen LogP contribution in [0.15, 0.2) is 36.4 Å². The summed E-state index contributed by atoms with van der Waals surface area (Å²) in [7, 11) is 3.39. The van der Waals surface area contributed by atoms with Gasteiger partial charge in [-0.05, 0) is 42.7 Å². The van der Waals surface area contributed by atoms with Crippen LogP contribution in [0.5, 0.6) is 11.5 Å². The average molecular weight is 242 g/mol. The van der Waals surface area contributed by atoms with Crippen LogP contribution in [-0.2, 0) is 0 Å². The highest BCUT2D eigenvalue weighted by atomic mass is 16.5. The van der Waals surface area contributed by atoms with E-state index in [0.717, 1.165) is 28.2 Å². The first-order valence-corrected chi connectivity index (χ1v) is 5.95. The lowest BCUT2D eigenvalue weighted by Gasteiger charge is -2.12. The zero-order valence-corrected chi connectivity index (χ0v) is 11.3. The lowest BCUT2D eigenvalue weighted by molar-refractivity contribution is 0.411. The van der Waals surface area contributed by atoms with Crippen molar-refractivity contribution in [1.82, 2.24) is 0 Å². The molecule has 0 saturated heterocycles. The van der Waals surface area contributed by atoms with Crippen LogP contribution < -0.4 is 9.47 Å². The zero-order valence-electron chi connectivity index (χ0n) is 11.3.